The second-order valence-electron chi connectivity index (χ2n) is 7.06. The van der Waals surface area contributed by atoms with Crippen molar-refractivity contribution in [1.29, 1.82) is 0 Å². The lowest BCUT2D eigenvalue weighted by atomic mass is 10.2. The number of amides is 1. The maximum absolute atomic E-state index is 13.4. The molecule has 0 saturated carbocycles. The molecular weight excluding hydrogens is 454 g/mol. The van der Waals surface area contributed by atoms with E-state index < -0.39 is 27.4 Å². The molecular formula is C22H20ClN3O5S. The average molecular weight is 474 g/mol. The smallest absolute Gasteiger partial charge is 0.271 e. The minimum absolute atomic E-state index is 0.0219. The van der Waals surface area contributed by atoms with Gasteiger partial charge in [0.1, 0.15) is 6.54 Å². The fraction of sp³-hybridized carbons (Fsp3) is 0.136. The van der Waals surface area contributed by atoms with Crippen LogP contribution in [0.5, 0.6) is 0 Å². The van der Waals surface area contributed by atoms with Gasteiger partial charge in [-0.1, -0.05) is 35.9 Å². The van der Waals surface area contributed by atoms with Crippen LogP contribution in [0.3, 0.4) is 0 Å². The second-order valence-corrected chi connectivity index (χ2v) is 9.36. The Bertz CT molecular complexity index is 1280. The van der Waals surface area contributed by atoms with Gasteiger partial charge in [-0.05, 0) is 55.3 Å². The fourth-order valence-corrected chi connectivity index (χ4v) is 4.83. The molecule has 0 aliphatic rings. The summed E-state index contributed by atoms with van der Waals surface area (Å²) in [7, 11) is -4.09. The average Bonchev–Trinajstić information content (AvgIpc) is 2.74. The molecule has 1 amide bonds. The number of hydrogen-bond donors (Lipinski definition) is 1. The highest BCUT2D eigenvalue weighted by atomic mass is 35.5. The summed E-state index contributed by atoms with van der Waals surface area (Å²) in [5.74, 6) is -0.651. The Labute approximate surface area is 190 Å². The molecule has 0 aliphatic heterocycles. The SMILES string of the molecule is Cc1ccc([N+](=O)[O-])cc1NC(=O)CN(c1ccc(Cl)cc1C)S(=O)(=O)c1ccccc1. The van der Waals surface area contributed by atoms with Gasteiger partial charge in [0, 0.05) is 17.2 Å². The van der Waals surface area contributed by atoms with Gasteiger partial charge in [-0.25, -0.2) is 8.42 Å². The van der Waals surface area contributed by atoms with Crippen LogP contribution < -0.4 is 9.62 Å². The molecule has 0 fully saturated rings. The van der Waals surface area contributed by atoms with E-state index in [-0.39, 0.29) is 16.3 Å². The van der Waals surface area contributed by atoms with Crippen LogP contribution in [0, 0.1) is 24.0 Å². The van der Waals surface area contributed by atoms with Crippen molar-refractivity contribution in [2.75, 3.05) is 16.2 Å². The zero-order valence-corrected chi connectivity index (χ0v) is 18.9. The molecule has 0 unspecified atom stereocenters. The van der Waals surface area contributed by atoms with Gasteiger partial charge in [0.25, 0.3) is 15.7 Å². The van der Waals surface area contributed by atoms with Crippen molar-refractivity contribution in [1.82, 2.24) is 0 Å². The number of benzene rings is 3. The summed E-state index contributed by atoms with van der Waals surface area (Å²) in [5, 5.41) is 14.1. The Balaban J connectivity index is 1.99. The molecule has 0 aromatic heterocycles. The minimum Gasteiger partial charge on any atom is -0.324 e. The number of anilines is 2. The zero-order valence-electron chi connectivity index (χ0n) is 17.3. The summed E-state index contributed by atoms with van der Waals surface area (Å²) in [5.41, 5.74) is 1.51. The van der Waals surface area contributed by atoms with Crippen molar-refractivity contribution in [3.05, 3.63) is 93.0 Å². The highest BCUT2D eigenvalue weighted by molar-refractivity contribution is 7.92. The predicted octanol–water partition coefficient (Wildman–Crippen LogP) is 4.70. The molecule has 0 saturated heterocycles. The number of carbonyl (C=O) groups is 1. The number of halogens is 1. The zero-order chi connectivity index (χ0) is 23.5. The lowest BCUT2D eigenvalue weighted by molar-refractivity contribution is -0.384. The van der Waals surface area contributed by atoms with Gasteiger partial charge in [0.2, 0.25) is 5.91 Å². The standard InChI is InChI=1S/C22H20ClN3O5S/c1-15-8-10-18(26(28)29)13-20(15)24-22(27)14-25(21-11-9-17(23)12-16(21)2)32(30,31)19-6-4-3-5-7-19/h3-13H,14H2,1-2H3,(H,24,27). The second kappa shape index (κ2) is 9.37. The van der Waals surface area contributed by atoms with Crippen LogP contribution in [-0.4, -0.2) is 25.8 Å². The van der Waals surface area contributed by atoms with E-state index in [1.807, 2.05) is 0 Å². The van der Waals surface area contributed by atoms with E-state index in [1.54, 1.807) is 44.2 Å². The first-order valence-electron chi connectivity index (χ1n) is 9.48. The van der Waals surface area contributed by atoms with Gasteiger partial charge in [-0.2, -0.15) is 0 Å². The van der Waals surface area contributed by atoms with Crippen LogP contribution in [0.2, 0.25) is 5.02 Å². The third-order valence-electron chi connectivity index (χ3n) is 4.75. The molecule has 3 aromatic rings. The van der Waals surface area contributed by atoms with Gasteiger partial charge in [-0.3, -0.25) is 19.2 Å². The maximum Gasteiger partial charge on any atom is 0.271 e. The van der Waals surface area contributed by atoms with Crippen LogP contribution in [0.1, 0.15) is 11.1 Å². The maximum atomic E-state index is 13.4. The van der Waals surface area contributed by atoms with Crippen LogP contribution in [0.25, 0.3) is 0 Å². The number of rotatable bonds is 7. The van der Waals surface area contributed by atoms with E-state index >= 15 is 0 Å². The highest BCUT2D eigenvalue weighted by Crippen LogP contribution is 2.29. The highest BCUT2D eigenvalue weighted by Gasteiger charge is 2.28. The number of nitrogens with zero attached hydrogens (tertiary/aromatic N) is 2. The van der Waals surface area contributed by atoms with Gasteiger partial charge in [0.05, 0.1) is 21.2 Å². The van der Waals surface area contributed by atoms with E-state index in [0.717, 1.165) is 4.31 Å². The summed E-state index contributed by atoms with van der Waals surface area (Å²) in [4.78, 5) is 23.4. The van der Waals surface area contributed by atoms with E-state index in [4.69, 9.17) is 11.6 Å². The first-order valence-corrected chi connectivity index (χ1v) is 11.3. The molecule has 0 aliphatic carbocycles. The van der Waals surface area contributed by atoms with E-state index in [0.29, 0.717) is 21.8 Å². The summed E-state index contributed by atoms with van der Waals surface area (Å²) < 4.78 is 27.8. The summed E-state index contributed by atoms with van der Waals surface area (Å²) in [6.07, 6.45) is 0. The lowest BCUT2D eigenvalue weighted by Crippen LogP contribution is -2.38. The molecule has 32 heavy (non-hydrogen) atoms. The summed E-state index contributed by atoms with van der Waals surface area (Å²) >= 11 is 6.02. The molecule has 0 heterocycles. The van der Waals surface area contributed by atoms with Crippen LogP contribution >= 0.6 is 11.6 Å². The van der Waals surface area contributed by atoms with Crippen LogP contribution in [0.15, 0.2) is 71.6 Å². The quantitative estimate of drug-likeness (QED) is 0.395. The molecule has 0 spiro atoms. The number of hydrogen-bond acceptors (Lipinski definition) is 5. The summed E-state index contributed by atoms with van der Waals surface area (Å²) in [6, 6.07) is 16.5. The molecule has 3 aromatic carbocycles. The topological polar surface area (TPSA) is 110 Å². The minimum atomic E-state index is -4.09. The summed E-state index contributed by atoms with van der Waals surface area (Å²) in [6.45, 7) is 2.83. The molecule has 3 rings (SSSR count). The lowest BCUT2D eigenvalue weighted by Gasteiger charge is -2.26. The molecule has 8 nitrogen and oxygen atoms in total. The molecule has 0 atom stereocenters. The number of carbonyl (C=O) groups excluding carboxylic acids is 1. The van der Waals surface area contributed by atoms with Crippen molar-refractivity contribution < 1.29 is 18.1 Å². The van der Waals surface area contributed by atoms with Crippen molar-refractivity contribution in [2.45, 2.75) is 18.7 Å². The van der Waals surface area contributed by atoms with Crippen molar-refractivity contribution in [3.8, 4) is 0 Å². The Kier molecular flexibility index (Phi) is 6.81. The van der Waals surface area contributed by atoms with Crippen molar-refractivity contribution >= 4 is 44.6 Å². The third kappa shape index (κ3) is 5.06. The van der Waals surface area contributed by atoms with Gasteiger partial charge < -0.3 is 5.32 Å². The number of aryl methyl sites for hydroxylation is 2. The number of nitrogens with one attached hydrogen (secondary N) is 1. The number of sulfonamides is 1. The molecule has 166 valence electrons. The predicted molar refractivity (Wildman–Crippen MR) is 124 cm³/mol. The van der Waals surface area contributed by atoms with Crippen LogP contribution in [-0.2, 0) is 14.8 Å². The van der Waals surface area contributed by atoms with Gasteiger partial charge in [0.15, 0.2) is 0 Å². The Morgan fingerprint density at radius 3 is 2.34 bits per heavy atom. The Morgan fingerprint density at radius 2 is 1.72 bits per heavy atom. The van der Waals surface area contributed by atoms with E-state index in [1.165, 1.54) is 36.4 Å². The Morgan fingerprint density at radius 1 is 1.03 bits per heavy atom. The van der Waals surface area contributed by atoms with Crippen LogP contribution in [0.4, 0.5) is 17.1 Å². The number of non-ortho nitro benzene ring substituents is 1. The third-order valence-corrected chi connectivity index (χ3v) is 6.76. The molecule has 10 heteroatoms. The molecule has 0 radical (unpaired) electrons. The number of nitro benzene ring substituents is 1. The Hall–Kier alpha value is -3.43. The first kappa shape index (κ1) is 23.2. The van der Waals surface area contributed by atoms with Gasteiger partial charge in [-0.15, -0.1) is 0 Å². The molecule has 1 N–H and O–H groups in total. The first-order chi connectivity index (χ1) is 15.1. The number of nitro groups is 1. The van der Waals surface area contributed by atoms with Crippen molar-refractivity contribution in [2.24, 2.45) is 0 Å². The monoisotopic (exact) mass is 473 g/mol. The fourth-order valence-electron chi connectivity index (χ4n) is 3.10. The molecule has 0 bridgehead atoms. The normalized spacial score (nSPS) is 11.1. The van der Waals surface area contributed by atoms with E-state index in [9.17, 15) is 23.3 Å². The van der Waals surface area contributed by atoms with Crippen molar-refractivity contribution in [3.63, 3.8) is 0 Å². The van der Waals surface area contributed by atoms with E-state index in [2.05, 4.69) is 5.32 Å². The largest absolute Gasteiger partial charge is 0.324 e. The van der Waals surface area contributed by atoms with Gasteiger partial charge >= 0.3 is 0 Å².